The van der Waals surface area contributed by atoms with E-state index in [9.17, 15) is 18.0 Å². The third-order valence-electron chi connectivity index (χ3n) is 3.91. The molecule has 0 heterocycles. The summed E-state index contributed by atoms with van der Waals surface area (Å²) < 4.78 is 25.3. The summed E-state index contributed by atoms with van der Waals surface area (Å²) in [6, 6.07) is 15.4. The van der Waals surface area contributed by atoms with Gasteiger partial charge in [-0.25, -0.2) is 8.42 Å². The number of hydrogen-bond acceptors (Lipinski definition) is 4. The number of carbonyl (C=O) groups excluding carboxylic acids is 2. The number of hydrogen-bond donors (Lipinski definition) is 1. The minimum absolute atomic E-state index is 0.178. The van der Waals surface area contributed by atoms with Crippen molar-refractivity contribution in [1.29, 1.82) is 0 Å². The van der Waals surface area contributed by atoms with Gasteiger partial charge in [0.2, 0.25) is 15.9 Å². The topological polar surface area (TPSA) is 83.6 Å². The Labute approximate surface area is 153 Å². The number of nitrogens with zero attached hydrogens (tertiary/aromatic N) is 1. The van der Waals surface area contributed by atoms with Crippen LogP contribution in [0, 0.1) is 0 Å². The maximum Gasteiger partial charge on any atom is 0.241 e. The molecule has 0 saturated heterocycles. The van der Waals surface area contributed by atoms with Crippen LogP contribution in [0.2, 0.25) is 0 Å². The van der Waals surface area contributed by atoms with Gasteiger partial charge in [0.05, 0.1) is 18.0 Å². The lowest BCUT2D eigenvalue weighted by Gasteiger charge is -2.23. The second-order valence-corrected chi connectivity index (χ2v) is 7.98. The first-order valence-electron chi connectivity index (χ1n) is 8.11. The number of carbonyl (C=O) groups is 2. The SMILES string of the molecule is CC(=O)c1cccc(N(CC(=O)N[C@@H](C)c2ccccc2)S(C)(=O)=O)c1. The van der Waals surface area contributed by atoms with Gasteiger partial charge in [0.15, 0.2) is 5.78 Å². The summed E-state index contributed by atoms with van der Waals surface area (Å²) in [7, 11) is -3.69. The number of rotatable bonds is 7. The zero-order valence-corrected chi connectivity index (χ0v) is 15.8. The molecule has 0 fully saturated rings. The summed E-state index contributed by atoms with van der Waals surface area (Å²) >= 11 is 0. The first kappa shape index (κ1) is 19.7. The van der Waals surface area contributed by atoms with Crippen LogP contribution in [0.1, 0.15) is 35.8 Å². The van der Waals surface area contributed by atoms with E-state index in [0.29, 0.717) is 5.56 Å². The fourth-order valence-corrected chi connectivity index (χ4v) is 3.37. The number of amides is 1. The van der Waals surface area contributed by atoms with Gasteiger partial charge in [0.1, 0.15) is 6.54 Å². The predicted octanol–water partition coefficient (Wildman–Crippen LogP) is 2.53. The Morgan fingerprint density at radius 2 is 1.73 bits per heavy atom. The molecule has 1 atom stereocenters. The molecule has 2 rings (SSSR count). The van der Waals surface area contributed by atoms with Crippen molar-refractivity contribution in [3.63, 3.8) is 0 Å². The number of anilines is 1. The van der Waals surface area contributed by atoms with Crippen LogP contribution in [0.5, 0.6) is 0 Å². The molecule has 0 bridgehead atoms. The van der Waals surface area contributed by atoms with Crippen molar-refractivity contribution in [2.75, 3.05) is 17.1 Å². The average molecular weight is 374 g/mol. The quantitative estimate of drug-likeness (QED) is 0.755. The Morgan fingerprint density at radius 1 is 1.08 bits per heavy atom. The maximum absolute atomic E-state index is 12.4. The summed E-state index contributed by atoms with van der Waals surface area (Å²) in [4.78, 5) is 23.9. The molecular formula is C19H22N2O4S. The van der Waals surface area contributed by atoms with Crippen molar-refractivity contribution < 1.29 is 18.0 Å². The highest BCUT2D eigenvalue weighted by Gasteiger charge is 2.22. The van der Waals surface area contributed by atoms with Crippen LogP contribution in [-0.4, -0.2) is 32.9 Å². The van der Waals surface area contributed by atoms with E-state index in [0.717, 1.165) is 16.1 Å². The van der Waals surface area contributed by atoms with Crippen LogP contribution in [0.3, 0.4) is 0 Å². The fraction of sp³-hybridized carbons (Fsp3) is 0.263. The third kappa shape index (κ3) is 5.16. The maximum atomic E-state index is 12.4. The lowest BCUT2D eigenvalue weighted by molar-refractivity contribution is -0.120. The molecule has 6 nitrogen and oxygen atoms in total. The average Bonchev–Trinajstić information content (AvgIpc) is 2.59. The second kappa shape index (κ2) is 8.14. The normalized spacial score (nSPS) is 12.3. The molecule has 1 amide bonds. The van der Waals surface area contributed by atoms with Crippen molar-refractivity contribution >= 4 is 27.4 Å². The van der Waals surface area contributed by atoms with Gasteiger partial charge in [-0.1, -0.05) is 42.5 Å². The van der Waals surface area contributed by atoms with E-state index in [4.69, 9.17) is 0 Å². The molecule has 0 aliphatic rings. The number of nitrogens with one attached hydrogen (secondary N) is 1. The Kier molecular flexibility index (Phi) is 6.15. The van der Waals surface area contributed by atoms with Gasteiger partial charge in [0, 0.05) is 5.56 Å². The van der Waals surface area contributed by atoms with Crippen LogP contribution < -0.4 is 9.62 Å². The molecule has 2 aromatic rings. The molecule has 0 radical (unpaired) electrons. The smallest absolute Gasteiger partial charge is 0.241 e. The van der Waals surface area contributed by atoms with Crippen LogP contribution in [0.4, 0.5) is 5.69 Å². The van der Waals surface area contributed by atoms with Gasteiger partial charge in [0.25, 0.3) is 0 Å². The Morgan fingerprint density at radius 3 is 2.31 bits per heavy atom. The summed E-state index contributed by atoms with van der Waals surface area (Å²) in [6.07, 6.45) is 1.03. The molecule has 0 spiro atoms. The van der Waals surface area contributed by atoms with Gasteiger partial charge in [-0.2, -0.15) is 0 Å². The van der Waals surface area contributed by atoms with Crippen LogP contribution >= 0.6 is 0 Å². The van der Waals surface area contributed by atoms with Crippen molar-refractivity contribution in [2.45, 2.75) is 19.9 Å². The molecule has 0 aliphatic heterocycles. The number of ketones is 1. The van der Waals surface area contributed by atoms with E-state index >= 15 is 0 Å². The van der Waals surface area contributed by atoms with Gasteiger partial charge < -0.3 is 5.32 Å². The molecule has 1 N–H and O–H groups in total. The highest BCUT2D eigenvalue weighted by Crippen LogP contribution is 2.20. The highest BCUT2D eigenvalue weighted by atomic mass is 32.2. The van der Waals surface area contributed by atoms with E-state index in [2.05, 4.69) is 5.32 Å². The standard InChI is InChI=1S/C19H22N2O4S/c1-14(16-8-5-4-6-9-16)20-19(23)13-21(26(3,24)25)18-11-7-10-17(12-18)15(2)22/h4-12,14H,13H2,1-3H3,(H,20,23)/t14-/m0/s1. The number of Topliss-reactive ketones (excluding diaryl/α,β-unsaturated/α-hetero) is 1. The van der Waals surface area contributed by atoms with Crippen molar-refractivity contribution in [2.24, 2.45) is 0 Å². The second-order valence-electron chi connectivity index (χ2n) is 6.08. The van der Waals surface area contributed by atoms with E-state index < -0.39 is 15.9 Å². The first-order chi connectivity index (χ1) is 12.2. The van der Waals surface area contributed by atoms with E-state index in [1.807, 2.05) is 37.3 Å². The van der Waals surface area contributed by atoms with Crippen LogP contribution in [0.15, 0.2) is 54.6 Å². The summed E-state index contributed by atoms with van der Waals surface area (Å²) in [6.45, 7) is 2.86. The van der Waals surface area contributed by atoms with Crippen molar-refractivity contribution in [3.8, 4) is 0 Å². The number of benzene rings is 2. The van der Waals surface area contributed by atoms with Gasteiger partial charge in [-0.3, -0.25) is 13.9 Å². The van der Waals surface area contributed by atoms with Crippen LogP contribution in [0.25, 0.3) is 0 Å². The summed E-state index contributed by atoms with van der Waals surface area (Å²) in [5.41, 5.74) is 1.59. The van der Waals surface area contributed by atoms with Gasteiger partial charge in [-0.15, -0.1) is 0 Å². The zero-order valence-electron chi connectivity index (χ0n) is 15.0. The first-order valence-corrected chi connectivity index (χ1v) is 9.96. The molecule has 0 aromatic heterocycles. The molecule has 2 aromatic carbocycles. The molecule has 7 heteroatoms. The van der Waals surface area contributed by atoms with E-state index in [-0.39, 0.29) is 24.1 Å². The zero-order chi connectivity index (χ0) is 19.3. The molecule has 0 saturated carbocycles. The lowest BCUT2D eigenvalue weighted by atomic mass is 10.1. The minimum Gasteiger partial charge on any atom is -0.348 e. The Balaban J connectivity index is 2.20. The number of sulfonamides is 1. The van der Waals surface area contributed by atoms with Crippen LogP contribution in [-0.2, 0) is 14.8 Å². The van der Waals surface area contributed by atoms with Gasteiger partial charge in [-0.05, 0) is 31.5 Å². The fourth-order valence-electron chi connectivity index (χ4n) is 2.52. The summed E-state index contributed by atoms with van der Waals surface area (Å²) in [5, 5.41) is 2.79. The molecule has 0 unspecified atom stereocenters. The van der Waals surface area contributed by atoms with Crippen molar-refractivity contribution in [3.05, 3.63) is 65.7 Å². The molecule has 26 heavy (non-hydrogen) atoms. The minimum atomic E-state index is -3.69. The monoisotopic (exact) mass is 374 g/mol. The van der Waals surface area contributed by atoms with Crippen molar-refractivity contribution in [1.82, 2.24) is 5.32 Å². The lowest BCUT2D eigenvalue weighted by Crippen LogP contribution is -2.41. The summed E-state index contributed by atoms with van der Waals surface area (Å²) in [5.74, 6) is -0.609. The van der Waals surface area contributed by atoms with E-state index in [1.54, 1.807) is 18.2 Å². The van der Waals surface area contributed by atoms with Gasteiger partial charge >= 0.3 is 0 Å². The Hall–Kier alpha value is -2.67. The third-order valence-corrected chi connectivity index (χ3v) is 5.05. The van der Waals surface area contributed by atoms with E-state index in [1.165, 1.54) is 13.0 Å². The molecule has 0 aliphatic carbocycles. The largest absolute Gasteiger partial charge is 0.348 e. The highest BCUT2D eigenvalue weighted by molar-refractivity contribution is 7.92. The molecule has 138 valence electrons. The molecular weight excluding hydrogens is 352 g/mol. The predicted molar refractivity (Wildman–Crippen MR) is 102 cm³/mol. The Bertz CT molecular complexity index is 895.